The van der Waals surface area contributed by atoms with Crippen molar-refractivity contribution in [2.45, 2.75) is 44.8 Å². The molecule has 6 nitrogen and oxygen atoms in total. The molecule has 4 rings (SSSR count). The largest absolute Gasteiger partial charge is 0.485 e. The first-order chi connectivity index (χ1) is 13.7. The van der Waals surface area contributed by atoms with E-state index in [1.54, 1.807) is 11.8 Å². The van der Waals surface area contributed by atoms with Crippen molar-refractivity contribution in [3.8, 4) is 5.75 Å². The van der Waals surface area contributed by atoms with E-state index in [0.29, 0.717) is 6.61 Å². The summed E-state index contributed by atoms with van der Waals surface area (Å²) in [6, 6.07) is 12.1. The van der Waals surface area contributed by atoms with Crippen molar-refractivity contribution in [2.75, 3.05) is 0 Å². The Labute approximate surface area is 168 Å². The molecule has 1 aromatic carbocycles. The Balaban J connectivity index is 1.45. The molecule has 0 bridgehead atoms. The van der Waals surface area contributed by atoms with Gasteiger partial charge in [0, 0.05) is 24.7 Å². The van der Waals surface area contributed by atoms with E-state index in [-0.39, 0.29) is 0 Å². The number of thioether (sulfide) groups is 1. The zero-order chi connectivity index (χ0) is 19.5. The summed E-state index contributed by atoms with van der Waals surface area (Å²) in [7, 11) is 0. The van der Waals surface area contributed by atoms with Gasteiger partial charge in [-0.2, -0.15) is 0 Å². The van der Waals surface area contributed by atoms with Crippen molar-refractivity contribution >= 4 is 17.4 Å². The van der Waals surface area contributed by atoms with Gasteiger partial charge in [0.15, 0.2) is 11.0 Å². The van der Waals surface area contributed by atoms with Crippen molar-refractivity contribution in [1.29, 1.82) is 0 Å². The van der Waals surface area contributed by atoms with Gasteiger partial charge in [0.05, 0.1) is 5.69 Å². The average molecular weight is 394 g/mol. The molecule has 0 aliphatic rings. The highest BCUT2D eigenvalue weighted by Crippen LogP contribution is 2.24. The average Bonchev–Trinajstić information content (AvgIpc) is 3.30. The van der Waals surface area contributed by atoms with E-state index in [2.05, 4.69) is 52.8 Å². The molecular formula is C21H23N5OS. The molecule has 0 fully saturated rings. The van der Waals surface area contributed by atoms with Crippen molar-refractivity contribution < 1.29 is 4.74 Å². The number of rotatable bonds is 7. The molecular weight excluding hydrogens is 370 g/mol. The van der Waals surface area contributed by atoms with Crippen LogP contribution in [0.25, 0.3) is 5.65 Å². The van der Waals surface area contributed by atoms with Crippen LogP contribution >= 0.6 is 11.8 Å². The number of pyridine rings is 1. The Morgan fingerprint density at radius 3 is 2.79 bits per heavy atom. The maximum absolute atomic E-state index is 6.01. The normalized spacial score (nSPS) is 11.2. The van der Waals surface area contributed by atoms with Crippen molar-refractivity contribution in [3.05, 3.63) is 71.4 Å². The maximum Gasteiger partial charge on any atom is 0.191 e. The van der Waals surface area contributed by atoms with Crippen LogP contribution in [-0.4, -0.2) is 24.1 Å². The van der Waals surface area contributed by atoms with Crippen LogP contribution in [0.4, 0.5) is 0 Å². The highest BCUT2D eigenvalue weighted by atomic mass is 32.2. The number of imidazole rings is 1. The van der Waals surface area contributed by atoms with Crippen LogP contribution in [0.5, 0.6) is 5.75 Å². The molecule has 0 aliphatic heterocycles. The van der Waals surface area contributed by atoms with Crippen LogP contribution in [0.1, 0.15) is 29.6 Å². The fraction of sp³-hybridized carbons (Fsp3) is 0.286. The molecule has 0 aliphatic carbocycles. The summed E-state index contributed by atoms with van der Waals surface area (Å²) in [4.78, 5) is 4.64. The number of nitrogens with zero attached hydrogens (tertiary/aromatic N) is 5. The number of aromatic nitrogens is 5. The molecule has 0 unspecified atom stereocenters. The molecule has 3 aromatic heterocycles. The lowest BCUT2D eigenvalue weighted by atomic mass is 10.1. The lowest BCUT2D eigenvalue weighted by Crippen LogP contribution is -2.07. The first-order valence-electron chi connectivity index (χ1n) is 9.32. The predicted octanol–water partition coefficient (Wildman–Crippen LogP) is 4.43. The smallest absolute Gasteiger partial charge is 0.191 e. The summed E-state index contributed by atoms with van der Waals surface area (Å²) in [5.74, 6) is 2.47. The maximum atomic E-state index is 6.01. The minimum atomic E-state index is 0.403. The van der Waals surface area contributed by atoms with E-state index >= 15 is 0 Å². The van der Waals surface area contributed by atoms with E-state index in [1.165, 1.54) is 5.56 Å². The van der Waals surface area contributed by atoms with Crippen LogP contribution in [0.15, 0.2) is 53.9 Å². The van der Waals surface area contributed by atoms with E-state index in [0.717, 1.165) is 45.9 Å². The van der Waals surface area contributed by atoms with E-state index in [9.17, 15) is 0 Å². The second-order valence-corrected chi connectivity index (χ2v) is 7.56. The molecule has 0 N–H and O–H groups in total. The lowest BCUT2D eigenvalue weighted by molar-refractivity contribution is 0.286. The van der Waals surface area contributed by atoms with Gasteiger partial charge in [-0.05, 0) is 50.1 Å². The Hall–Kier alpha value is -2.80. The number of hydrogen-bond acceptors (Lipinski definition) is 5. The third-order valence-corrected chi connectivity index (χ3v) is 5.78. The fourth-order valence-corrected chi connectivity index (χ4v) is 3.97. The Bertz CT molecular complexity index is 1070. The van der Waals surface area contributed by atoms with Gasteiger partial charge >= 0.3 is 0 Å². The van der Waals surface area contributed by atoms with Gasteiger partial charge < -0.3 is 13.7 Å². The van der Waals surface area contributed by atoms with Crippen LogP contribution in [0.3, 0.4) is 0 Å². The summed E-state index contributed by atoms with van der Waals surface area (Å²) < 4.78 is 10.1. The number of benzene rings is 1. The van der Waals surface area contributed by atoms with Crippen molar-refractivity contribution in [2.24, 2.45) is 0 Å². The van der Waals surface area contributed by atoms with Gasteiger partial charge in [-0.3, -0.25) is 0 Å². The predicted molar refractivity (Wildman–Crippen MR) is 111 cm³/mol. The topological polar surface area (TPSA) is 57.2 Å². The molecule has 0 saturated carbocycles. The summed E-state index contributed by atoms with van der Waals surface area (Å²) in [6.45, 7) is 7.46. The van der Waals surface area contributed by atoms with Crippen LogP contribution in [0.2, 0.25) is 0 Å². The minimum Gasteiger partial charge on any atom is -0.485 e. The number of hydrogen-bond donors (Lipinski definition) is 0. The van der Waals surface area contributed by atoms with Gasteiger partial charge in [0.1, 0.15) is 18.0 Å². The van der Waals surface area contributed by atoms with Crippen LogP contribution in [-0.2, 0) is 18.9 Å². The van der Waals surface area contributed by atoms with Gasteiger partial charge in [-0.25, -0.2) is 4.98 Å². The lowest BCUT2D eigenvalue weighted by Gasteiger charge is -2.11. The quantitative estimate of drug-likeness (QED) is 0.435. The molecule has 144 valence electrons. The molecule has 3 heterocycles. The monoisotopic (exact) mass is 393 g/mol. The van der Waals surface area contributed by atoms with Crippen LogP contribution in [0, 0.1) is 13.8 Å². The zero-order valence-electron chi connectivity index (χ0n) is 16.3. The summed E-state index contributed by atoms with van der Waals surface area (Å²) in [5, 5.41) is 9.61. The SMILES string of the molecule is CCn1c(COc2cccc(C)c2C)nnc1SCc1cn2ccccc2n1. The second-order valence-electron chi connectivity index (χ2n) is 6.62. The standard InChI is InChI=1S/C21H23N5OS/c1-4-26-20(13-27-18-9-7-8-15(2)16(18)3)23-24-21(26)28-14-17-12-25-11-6-5-10-19(25)22-17/h5-12H,4,13-14H2,1-3H3. The van der Waals surface area contributed by atoms with Gasteiger partial charge in [0.2, 0.25) is 0 Å². The second kappa shape index (κ2) is 8.06. The molecule has 0 atom stereocenters. The van der Waals surface area contributed by atoms with E-state index < -0.39 is 0 Å². The fourth-order valence-electron chi connectivity index (χ4n) is 3.07. The van der Waals surface area contributed by atoms with Crippen molar-refractivity contribution in [3.63, 3.8) is 0 Å². The molecule has 0 spiro atoms. The zero-order valence-corrected chi connectivity index (χ0v) is 17.1. The van der Waals surface area contributed by atoms with Crippen molar-refractivity contribution in [1.82, 2.24) is 24.1 Å². The first kappa shape index (κ1) is 18.6. The molecule has 0 amide bonds. The summed E-state index contributed by atoms with van der Waals surface area (Å²) in [5.41, 5.74) is 4.36. The first-order valence-corrected chi connectivity index (χ1v) is 10.3. The molecule has 0 radical (unpaired) electrons. The molecule has 28 heavy (non-hydrogen) atoms. The molecule has 7 heteroatoms. The number of fused-ring (bicyclic) bond motifs is 1. The van der Waals surface area contributed by atoms with E-state index in [4.69, 9.17) is 4.74 Å². The number of aryl methyl sites for hydroxylation is 1. The van der Waals surface area contributed by atoms with Gasteiger partial charge in [-0.1, -0.05) is 30.0 Å². The number of ether oxygens (including phenoxy) is 1. The van der Waals surface area contributed by atoms with Crippen LogP contribution < -0.4 is 4.74 Å². The van der Waals surface area contributed by atoms with Gasteiger partial charge in [-0.15, -0.1) is 10.2 Å². The summed E-state index contributed by atoms with van der Waals surface area (Å²) >= 11 is 1.65. The van der Waals surface area contributed by atoms with E-state index in [1.807, 2.05) is 40.9 Å². The third kappa shape index (κ3) is 3.75. The third-order valence-electron chi connectivity index (χ3n) is 4.78. The highest BCUT2D eigenvalue weighted by molar-refractivity contribution is 7.98. The highest BCUT2D eigenvalue weighted by Gasteiger charge is 2.13. The molecule has 0 saturated heterocycles. The minimum absolute atomic E-state index is 0.403. The Morgan fingerprint density at radius 1 is 1.07 bits per heavy atom. The van der Waals surface area contributed by atoms with Gasteiger partial charge in [0.25, 0.3) is 0 Å². The molecule has 4 aromatic rings. The summed E-state index contributed by atoms with van der Waals surface area (Å²) in [6.07, 6.45) is 4.06. The Morgan fingerprint density at radius 2 is 1.96 bits per heavy atom. The Kier molecular flexibility index (Phi) is 5.34.